The Morgan fingerprint density at radius 3 is 2.13 bits per heavy atom. The third-order valence-corrected chi connectivity index (χ3v) is 5.31. The lowest BCUT2D eigenvalue weighted by Crippen LogP contribution is -2.44. The maximum atomic E-state index is 12.8. The molecule has 0 unspecified atom stereocenters. The second-order valence-corrected chi connectivity index (χ2v) is 7.21. The molecule has 2 N–H and O–H groups in total. The Kier molecular flexibility index (Phi) is 5.95. The molecule has 1 aliphatic heterocycles. The number of carbonyl (C=O) groups excluding carboxylic acids is 3. The summed E-state index contributed by atoms with van der Waals surface area (Å²) < 4.78 is 5.08. The van der Waals surface area contributed by atoms with E-state index in [2.05, 4.69) is 10.6 Å². The van der Waals surface area contributed by atoms with E-state index in [4.69, 9.17) is 4.74 Å². The van der Waals surface area contributed by atoms with E-state index >= 15 is 0 Å². The van der Waals surface area contributed by atoms with Crippen LogP contribution in [0.1, 0.15) is 31.1 Å². The molecular formula is C24H23N3O4. The minimum Gasteiger partial charge on any atom is -0.497 e. The van der Waals surface area contributed by atoms with Gasteiger partial charge in [0.25, 0.3) is 17.7 Å². The number of hydrogen-bond donors (Lipinski definition) is 2. The van der Waals surface area contributed by atoms with Crippen molar-refractivity contribution >= 4 is 28.5 Å². The first kappa shape index (κ1) is 20.6. The third-order valence-electron chi connectivity index (χ3n) is 5.31. The molecule has 0 radical (unpaired) electrons. The zero-order valence-electron chi connectivity index (χ0n) is 17.2. The Morgan fingerprint density at radius 1 is 0.871 bits per heavy atom. The van der Waals surface area contributed by atoms with Gasteiger partial charge in [-0.2, -0.15) is 0 Å². The number of carbonyl (C=O) groups is 3. The van der Waals surface area contributed by atoms with Gasteiger partial charge in [0.1, 0.15) is 5.75 Å². The minimum absolute atomic E-state index is 0.171. The molecule has 7 nitrogen and oxygen atoms in total. The second kappa shape index (κ2) is 8.97. The summed E-state index contributed by atoms with van der Waals surface area (Å²) in [5, 5.41) is 7.61. The zero-order chi connectivity index (χ0) is 21.8. The topological polar surface area (TPSA) is 87.7 Å². The number of amides is 3. The van der Waals surface area contributed by atoms with Crippen molar-refractivity contribution in [1.82, 2.24) is 15.5 Å². The van der Waals surface area contributed by atoms with Gasteiger partial charge in [-0.05, 0) is 41.8 Å². The lowest BCUT2D eigenvalue weighted by Gasteiger charge is -2.27. The summed E-state index contributed by atoms with van der Waals surface area (Å²) in [4.78, 5) is 39.1. The van der Waals surface area contributed by atoms with E-state index in [0.717, 1.165) is 10.8 Å². The standard InChI is InChI=1S/C24H23N3O4/c1-31-18-10-8-17(9-11-18)22(28)26-13-12-25-14-15-27-23(29)19-6-2-4-16-5-3-7-20(21(16)19)24(27)30/h2-11,25H,12-15H2,1H3,(H,26,28). The van der Waals surface area contributed by atoms with Crippen LogP contribution in [0.3, 0.4) is 0 Å². The molecule has 4 rings (SSSR count). The summed E-state index contributed by atoms with van der Waals surface area (Å²) in [6.45, 7) is 1.64. The highest BCUT2D eigenvalue weighted by Crippen LogP contribution is 2.29. The fourth-order valence-corrected chi connectivity index (χ4v) is 3.71. The first-order valence-corrected chi connectivity index (χ1v) is 10.1. The second-order valence-electron chi connectivity index (χ2n) is 7.21. The summed E-state index contributed by atoms with van der Waals surface area (Å²) >= 11 is 0. The minimum atomic E-state index is -0.274. The third kappa shape index (κ3) is 4.13. The number of methoxy groups -OCH3 is 1. The number of ether oxygens (including phenoxy) is 1. The predicted octanol–water partition coefficient (Wildman–Crippen LogP) is 2.46. The number of hydrogen-bond acceptors (Lipinski definition) is 5. The van der Waals surface area contributed by atoms with Gasteiger partial charge in [0.15, 0.2) is 0 Å². The number of nitrogens with one attached hydrogen (secondary N) is 2. The molecule has 7 heteroatoms. The number of imide groups is 1. The van der Waals surface area contributed by atoms with Crippen LogP contribution >= 0.6 is 0 Å². The van der Waals surface area contributed by atoms with E-state index in [1.807, 2.05) is 24.3 Å². The highest BCUT2D eigenvalue weighted by Gasteiger charge is 2.32. The van der Waals surface area contributed by atoms with Gasteiger partial charge >= 0.3 is 0 Å². The molecule has 0 atom stereocenters. The van der Waals surface area contributed by atoms with Gasteiger partial charge < -0.3 is 15.4 Å². The van der Waals surface area contributed by atoms with Crippen LogP contribution in [-0.2, 0) is 0 Å². The first-order valence-electron chi connectivity index (χ1n) is 10.1. The van der Waals surface area contributed by atoms with Crippen molar-refractivity contribution in [3.05, 3.63) is 77.4 Å². The van der Waals surface area contributed by atoms with Gasteiger partial charge in [-0.15, -0.1) is 0 Å². The van der Waals surface area contributed by atoms with E-state index in [1.165, 1.54) is 4.90 Å². The maximum Gasteiger partial charge on any atom is 0.261 e. The molecule has 3 amide bonds. The van der Waals surface area contributed by atoms with Crippen LogP contribution in [0.25, 0.3) is 10.8 Å². The fraction of sp³-hybridized carbons (Fsp3) is 0.208. The number of benzene rings is 3. The molecular weight excluding hydrogens is 394 g/mol. The van der Waals surface area contributed by atoms with Crippen molar-refractivity contribution in [2.24, 2.45) is 0 Å². The van der Waals surface area contributed by atoms with Crippen LogP contribution in [-0.4, -0.2) is 55.9 Å². The van der Waals surface area contributed by atoms with E-state index in [1.54, 1.807) is 43.5 Å². The van der Waals surface area contributed by atoms with Crippen molar-refractivity contribution in [1.29, 1.82) is 0 Å². The molecule has 0 aliphatic carbocycles. The van der Waals surface area contributed by atoms with Gasteiger partial charge in [-0.25, -0.2) is 0 Å². The molecule has 1 heterocycles. The van der Waals surface area contributed by atoms with Gasteiger partial charge in [-0.1, -0.05) is 24.3 Å². The van der Waals surface area contributed by atoms with Gasteiger partial charge in [0.05, 0.1) is 7.11 Å². The molecule has 0 bridgehead atoms. The Morgan fingerprint density at radius 2 is 1.52 bits per heavy atom. The SMILES string of the molecule is COc1ccc(C(=O)NCCNCCN2C(=O)c3cccc4cccc(c34)C2=O)cc1. The van der Waals surface area contributed by atoms with Crippen LogP contribution in [0.5, 0.6) is 5.75 Å². The summed E-state index contributed by atoms with van der Waals surface area (Å²) in [6.07, 6.45) is 0. The molecule has 3 aromatic carbocycles. The molecule has 0 saturated carbocycles. The lowest BCUT2D eigenvalue weighted by molar-refractivity contribution is 0.0612. The Bertz CT molecular complexity index is 1090. The normalized spacial score (nSPS) is 12.9. The van der Waals surface area contributed by atoms with Crippen molar-refractivity contribution in [2.45, 2.75) is 0 Å². The Balaban J connectivity index is 1.27. The zero-order valence-corrected chi connectivity index (χ0v) is 17.2. The molecule has 0 spiro atoms. The van der Waals surface area contributed by atoms with Crippen LogP contribution in [0, 0.1) is 0 Å². The van der Waals surface area contributed by atoms with E-state index in [9.17, 15) is 14.4 Å². The van der Waals surface area contributed by atoms with Crippen LogP contribution in [0.15, 0.2) is 60.7 Å². The smallest absolute Gasteiger partial charge is 0.261 e. The molecule has 0 aromatic heterocycles. The highest BCUT2D eigenvalue weighted by atomic mass is 16.5. The summed E-state index contributed by atoms with van der Waals surface area (Å²) in [6, 6.07) is 17.9. The first-order chi connectivity index (χ1) is 15.1. The predicted molar refractivity (Wildman–Crippen MR) is 118 cm³/mol. The molecule has 3 aromatic rings. The fourth-order valence-electron chi connectivity index (χ4n) is 3.71. The molecule has 158 valence electrons. The molecule has 0 fully saturated rings. The summed E-state index contributed by atoms with van der Waals surface area (Å²) in [5.41, 5.74) is 1.66. The molecule has 1 aliphatic rings. The lowest BCUT2D eigenvalue weighted by atomic mass is 9.94. The van der Waals surface area contributed by atoms with E-state index in [0.29, 0.717) is 42.1 Å². The van der Waals surface area contributed by atoms with Gasteiger partial charge in [-0.3, -0.25) is 19.3 Å². The van der Waals surface area contributed by atoms with Gasteiger partial charge in [0.2, 0.25) is 0 Å². The van der Waals surface area contributed by atoms with E-state index < -0.39 is 0 Å². The number of nitrogens with zero attached hydrogens (tertiary/aromatic N) is 1. The molecule has 0 saturated heterocycles. The average molecular weight is 417 g/mol. The number of rotatable bonds is 8. The van der Waals surface area contributed by atoms with Crippen molar-refractivity contribution in [3.63, 3.8) is 0 Å². The highest BCUT2D eigenvalue weighted by molar-refractivity contribution is 6.25. The van der Waals surface area contributed by atoms with E-state index in [-0.39, 0.29) is 24.3 Å². The van der Waals surface area contributed by atoms with Crippen LogP contribution in [0.4, 0.5) is 0 Å². The van der Waals surface area contributed by atoms with Crippen molar-refractivity contribution < 1.29 is 19.1 Å². The van der Waals surface area contributed by atoms with Crippen molar-refractivity contribution in [3.8, 4) is 5.75 Å². The summed E-state index contributed by atoms with van der Waals surface area (Å²) in [7, 11) is 1.57. The van der Waals surface area contributed by atoms with Crippen molar-refractivity contribution in [2.75, 3.05) is 33.3 Å². The molecule has 31 heavy (non-hydrogen) atoms. The Labute approximate surface area is 180 Å². The maximum absolute atomic E-state index is 12.8. The largest absolute Gasteiger partial charge is 0.497 e. The Hall–Kier alpha value is -3.71. The average Bonchev–Trinajstić information content (AvgIpc) is 2.81. The monoisotopic (exact) mass is 417 g/mol. The van der Waals surface area contributed by atoms with Crippen LogP contribution < -0.4 is 15.4 Å². The summed E-state index contributed by atoms with van der Waals surface area (Å²) in [5.74, 6) is -0.0257. The quantitative estimate of drug-likeness (QED) is 0.434. The van der Waals surface area contributed by atoms with Crippen LogP contribution in [0.2, 0.25) is 0 Å². The van der Waals surface area contributed by atoms with Gasteiger partial charge in [0, 0.05) is 48.3 Å².